The zero-order valence-electron chi connectivity index (χ0n) is 12.0. The minimum atomic E-state index is -0.874. The fourth-order valence-corrected chi connectivity index (χ4v) is 2.26. The Bertz CT molecular complexity index is 507. The average molecular weight is 292 g/mol. The monoisotopic (exact) mass is 292 g/mol. The molecule has 1 fully saturated rings. The van der Waals surface area contributed by atoms with Crippen LogP contribution in [-0.4, -0.2) is 35.9 Å². The minimum Gasteiger partial charge on any atom is -0.481 e. The lowest BCUT2D eigenvalue weighted by molar-refractivity contribution is -0.136. The van der Waals surface area contributed by atoms with Gasteiger partial charge in [-0.15, -0.1) is 0 Å². The van der Waals surface area contributed by atoms with Crippen LogP contribution in [0.15, 0.2) is 24.3 Å². The van der Waals surface area contributed by atoms with E-state index in [9.17, 15) is 9.59 Å². The van der Waals surface area contributed by atoms with E-state index in [-0.39, 0.29) is 18.0 Å². The Morgan fingerprint density at radius 2 is 1.86 bits per heavy atom. The zero-order valence-corrected chi connectivity index (χ0v) is 12.0. The van der Waals surface area contributed by atoms with Gasteiger partial charge in [0.2, 0.25) is 0 Å². The summed E-state index contributed by atoms with van der Waals surface area (Å²) in [6.07, 6.45) is 1.56. The highest BCUT2D eigenvalue weighted by Gasteiger charge is 2.28. The summed E-state index contributed by atoms with van der Waals surface area (Å²) < 4.78 is 5.29. The number of rotatable bonds is 4. The number of benzene rings is 1. The molecule has 1 saturated heterocycles. The molecule has 0 radical (unpaired) electrons. The number of hydrogen-bond donors (Lipinski definition) is 3. The topological polar surface area (TPSA) is 87.7 Å². The highest BCUT2D eigenvalue weighted by Crippen LogP contribution is 2.20. The molecule has 0 unspecified atom stereocenters. The van der Waals surface area contributed by atoms with Gasteiger partial charge >= 0.3 is 12.0 Å². The van der Waals surface area contributed by atoms with E-state index in [2.05, 4.69) is 10.6 Å². The van der Waals surface area contributed by atoms with Crippen LogP contribution in [0, 0.1) is 0 Å². The molecule has 1 aromatic rings. The molecule has 0 aliphatic carbocycles. The fourth-order valence-electron chi connectivity index (χ4n) is 2.26. The Kier molecular flexibility index (Phi) is 4.80. The molecule has 1 heterocycles. The second-order valence-corrected chi connectivity index (χ2v) is 5.52. The fraction of sp³-hybridized carbons (Fsp3) is 0.467. The molecule has 6 nitrogen and oxygen atoms in total. The van der Waals surface area contributed by atoms with E-state index in [1.54, 1.807) is 24.3 Å². The van der Waals surface area contributed by atoms with E-state index in [0.717, 1.165) is 12.8 Å². The highest BCUT2D eigenvalue weighted by molar-refractivity contribution is 5.89. The lowest BCUT2D eigenvalue weighted by atomic mass is 9.93. The molecule has 0 aromatic heterocycles. The smallest absolute Gasteiger partial charge is 0.319 e. The van der Waals surface area contributed by atoms with Crippen molar-refractivity contribution in [3.63, 3.8) is 0 Å². The average Bonchev–Trinajstić information content (AvgIpc) is 2.40. The van der Waals surface area contributed by atoms with Crippen molar-refractivity contribution in [1.82, 2.24) is 5.32 Å². The predicted molar refractivity (Wildman–Crippen MR) is 78.4 cm³/mol. The largest absolute Gasteiger partial charge is 0.481 e. The summed E-state index contributed by atoms with van der Waals surface area (Å²) in [5, 5.41) is 14.4. The minimum absolute atomic E-state index is 0.0233. The molecule has 0 bridgehead atoms. The molecule has 1 aliphatic heterocycles. The molecule has 114 valence electrons. The van der Waals surface area contributed by atoms with Crippen molar-refractivity contribution in [3.05, 3.63) is 29.8 Å². The molecule has 2 rings (SSSR count). The van der Waals surface area contributed by atoms with E-state index in [1.807, 2.05) is 6.92 Å². The molecule has 0 atom stereocenters. The van der Waals surface area contributed by atoms with Gasteiger partial charge in [0.15, 0.2) is 0 Å². The first-order valence-electron chi connectivity index (χ1n) is 6.94. The van der Waals surface area contributed by atoms with Gasteiger partial charge in [0.05, 0.1) is 6.42 Å². The van der Waals surface area contributed by atoms with E-state index in [4.69, 9.17) is 9.84 Å². The number of carboxylic acid groups (broad SMARTS) is 1. The summed E-state index contributed by atoms with van der Waals surface area (Å²) in [4.78, 5) is 22.6. The molecule has 2 amide bonds. The van der Waals surface area contributed by atoms with Crippen molar-refractivity contribution in [2.45, 2.75) is 31.7 Å². The van der Waals surface area contributed by atoms with Gasteiger partial charge in [-0.2, -0.15) is 0 Å². The van der Waals surface area contributed by atoms with Crippen molar-refractivity contribution in [1.29, 1.82) is 0 Å². The van der Waals surface area contributed by atoms with Crippen LogP contribution in [0.3, 0.4) is 0 Å². The Hall–Kier alpha value is -2.08. The van der Waals surface area contributed by atoms with Crippen LogP contribution in [0.4, 0.5) is 10.5 Å². The van der Waals surface area contributed by atoms with Gasteiger partial charge in [0.25, 0.3) is 0 Å². The number of hydrogen-bond acceptors (Lipinski definition) is 3. The van der Waals surface area contributed by atoms with Crippen molar-refractivity contribution in [3.8, 4) is 0 Å². The first-order valence-corrected chi connectivity index (χ1v) is 6.94. The standard InChI is InChI=1S/C15H20N2O4/c1-15(6-8-21-9-7-15)17-14(20)16-12-4-2-11(3-5-12)10-13(18)19/h2-5H,6-10H2,1H3,(H,18,19)(H2,16,17,20). The molecular formula is C15H20N2O4. The van der Waals surface area contributed by atoms with Crippen molar-refractivity contribution in [2.24, 2.45) is 0 Å². The lowest BCUT2D eigenvalue weighted by Crippen LogP contribution is -2.51. The van der Waals surface area contributed by atoms with Crippen LogP contribution < -0.4 is 10.6 Å². The summed E-state index contributed by atoms with van der Waals surface area (Å²) in [6, 6.07) is 6.53. The summed E-state index contributed by atoms with van der Waals surface area (Å²) in [7, 11) is 0. The van der Waals surface area contributed by atoms with Crippen LogP contribution in [0.1, 0.15) is 25.3 Å². The highest BCUT2D eigenvalue weighted by atomic mass is 16.5. The van der Waals surface area contributed by atoms with Gasteiger partial charge < -0.3 is 20.5 Å². The number of ether oxygens (including phenoxy) is 1. The molecule has 0 saturated carbocycles. The molecule has 6 heteroatoms. The zero-order chi connectivity index (χ0) is 15.3. The van der Waals surface area contributed by atoms with Crippen LogP contribution in [0.5, 0.6) is 0 Å². The third-order valence-electron chi connectivity index (χ3n) is 3.58. The normalized spacial score (nSPS) is 17.0. The van der Waals surface area contributed by atoms with Crippen LogP contribution in [-0.2, 0) is 16.0 Å². The number of carbonyl (C=O) groups excluding carboxylic acids is 1. The number of aliphatic carboxylic acids is 1. The SMILES string of the molecule is CC1(NC(=O)Nc2ccc(CC(=O)O)cc2)CCOCC1. The van der Waals surface area contributed by atoms with Gasteiger partial charge in [-0.05, 0) is 37.5 Å². The lowest BCUT2D eigenvalue weighted by Gasteiger charge is -2.34. The Labute approximate surface area is 123 Å². The molecule has 0 spiro atoms. The summed E-state index contributed by atoms with van der Waals surface area (Å²) in [5.74, 6) is -0.874. The maximum absolute atomic E-state index is 12.0. The Balaban J connectivity index is 1.88. The van der Waals surface area contributed by atoms with Gasteiger partial charge in [0.1, 0.15) is 0 Å². The Morgan fingerprint density at radius 1 is 1.24 bits per heavy atom. The predicted octanol–water partition coefficient (Wildman–Crippen LogP) is 2.00. The number of amides is 2. The van der Waals surface area contributed by atoms with E-state index in [0.29, 0.717) is 24.5 Å². The number of carboxylic acids is 1. The van der Waals surface area contributed by atoms with Crippen molar-refractivity contribution < 1.29 is 19.4 Å². The number of urea groups is 1. The van der Waals surface area contributed by atoms with Crippen LogP contribution >= 0.6 is 0 Å². The van der Waals surface area contributed by atoms with Gasteiger partial charge in [0, 0.05) is 24.4 Å². The van der Waals surface area contributed by atoms with Crippen molar-refractivity contribution in [2.75, 3.05) is 18.5 Å². The van der Waals surface area contributed by atoms with E-state index in [1.165, 1.54) is 0 Å². The molecule has 1 aromatic carbocycles. The third kappa shape index (κ3) is 4.75. The summed E-state index contributed by atoms with van der Waals surface area (Å²) >= 11 is 0. The molecule has 1 aliphatic rings. The quantitative estimate of drug-likeness (QED) is 0.792. The molecule has 3 N–H and O–H groups in total. The van der Waals surface area contributed by atoms with Crippen LogP contribution in [0.2, 0.25) is 0 Å². The number of carbonyl (C=O) groups is 2. The van der Waals surface area contributed by atoms with E-state index >= 15 is 0 Å². The van der Waals surface area contributed by atoms with Gasteiger partial charge in [-0.3, -0.25) is 4.79 Å². The molecular weight excluding hydrogens is 272 g/mol. The third-order valence-corrected chi connectivity index (χ3v) is 3.58. The van der Waals surface area contributed by atoms with Crippen molar-refractivity contribution >= 4 is 17.7 Å². The van der Waals surface area contributed by atoms with Gasteiger partial charge in [-0.1, -0.05) is 12.1 Å². The van der Waals surface area contributed by atoms with Gasteiger partial charge in [-0.25, -0.2) is 4.79 Å². The number of anilines is 1. The first-order chi connectivity index (χ1) is 9.97. The maximum atomic E-state index is 12.0. The summed E-state index contributed by atoms with van der Waals surface area (Å²) in [6.45, 7) is 3.31. The second kappa shape index (κ2) is 6.58. The Morgan fingerprint density at radius 3 is 2.43 bits per heavy atom. The van der Waals surface area contributed by atoms with Crippen LogP contribution in [0.25, 0.3) is 0 Å². The maximum Gasteiger partial charge on any atom is 0.319 e. The summed E-state index contributed by atoms with van der Waals surface area (Å²) in [5.41, 5.74) is 1.09. The number of nitrogens with one attached hydrogen (secondary N) is 2. The molecule has 21 heavy (non-hydrogen) atoms. The first kappa shape index (κ1) is 15.3. The van der Waals surface area contributed by atoms with E-state index < -0.39 is 5.97 Å². The second-order valence-electron chi connectivity index (χ2n) is 5.52.